The van der Waals surface area contributed by atoms with Gasteiger partial charge in [-0.2, -0.15) is 13.5 Å². The van der Waals surface area contributed by atoms with Crippen molar-refractivity contribution >= 4 is 61.2 Å². The van der Waals surface area contributed by atoms with Crippen LogP contribution in [0.3, 0.4) is 0 Å². The van der Waals surface area contributed by atoms with E-state index in [1.165, 1.54) is 23.8 Å². The van der Waals surface area contributed by atoms with Gasteiger partial charge in [0.1, 0.15) is 29.8 Å². The van der Waals surface area contributed by atoms with Crippen molar-refractivity contribution in [1.82, 2.24) is 29.6 Å². The van der Waals surface area contributed by atoms with Crippen LogP contribution in [0.2, 0.25) is 0 Å². The Bertz CT molecular complexity index is 2280. The van der Waals surface area contributed by atoms with E-state index in [0.717, 1.165) is 36.8 Å². The molecule has 4 aliphatic rings. The van der Waals surface area contributed by atoms with E-state index in [2.05, 4.69) is 27.4 Å². The van der Waals surface area contributed by atoms with Crippen molar-refractivity contribution in [2.75, 3.05) is 43.6 Å². The molecule has 4 fully saturated rings. The summed E-state index contributed by atoms with van der Waals surface area (Å²) in [7, 11) is -2.48. The Hall–Kier alpha value is -5.29. The molecular weight excluding hydrogens is 697 g/mol. The topological polar surface area (TPSA) is 183 Å². The van der Waals surface area contributed by atoms with Crippen LogP contribution in [0.15, 0.2) is 42.5 Å². The molecule has 0 bridgehead atoms. The second-order valence-corrected chi connectivity index (χ2v) is 15.5. The maximum atomic E-state index is 15.6. The number of rotatable bonds is 7. The summed E-state index contributed by atoms with van der Waals surface area (Å²) >= 11 is 0. The summed E-state index contributed by atoms with van der Waals surface area (Å²) in [5.41, 5.74) is 2.20. The number of hydrogen-bond donors (Lipinski definition) is 3. The summed E-state index contributed by atoms with van der Waals surface area (Å²) in [5, 5.41) is 18.7. The monoisotopic (exact) mass is 733 g/mol. The van der Waals surface area contributed by atoms with Crippen LogP contribution in [0, 0.1) is 5.82 Å². The number of benzene rings is 3. The van der Waals surface area contributed by atoms with Gasteiger partial charge in [0.05, 0.1) is 36.8 Å². The van der Waals surface area contributed by atoms with Crippen molar-refractivity contribution in [1.29, 1.82) is 0 Å². The second kappa shape index (κ2) is 12.7. The number of fused-ring (bicyclic) bond motifs is 2. The van der Waals surface area contributed by atoms with Crippen molar-refractivity contribution in [3.63, 3.8) is 0 Å². The number of anilines is 1. The maximum Gasteiger partial charge on any atom is 0.326 e. The molecular formula is C35H36FN7O8S. The molecule has 1 unspecified atom stereocenters. The van der Waals surface area contributed by atoms with E-state index in [9.17, 15) is 32.7 Å². The number of aromatic hydroxyl groups is 1. The minimum absolute atomic E-state index is 0.00441. The van der Waals surface area contributed by atoms with Gasteiger partial charge in [0, 0.05) is 24.2 Å². The Morgan fingerprint density at radius 2 is 1.79 bits per heavy atom. The molecule has 15 nitrogen and oxygen atoms in total. The van der Waals surface area contributed by atoms with Crippen LogP contribution in [0.5, 0.6) is 11.5 Å². The van der Waals surface area contributed by atoms with Gasteiger partial charge in [0.15, 0.2) is 5.82 Å². The van der Waals surface area contributed by atoms with Crippen molar-refractivity contribution in [3.8, 4) is 11.5 Å². The summed E-state index contributed by atoms with van der Waals surface area (Å²) in [5.74, 6) is -2.85. The third-order valence-electron chi connectivity index (χ3n) is 10.5. The highest BCUT2D eigenvalue weighted by molar-refractivity contribution is 7.92. The maximum absolute atomic E-state index is 15.6. The van der Waals surface area contributed by atoms with Crippen molar-refractivity contribution in [2.24, 2.45) is 7.05 Å². The molecule has 0 radical (unpaired) electrons. The van der Waals surface area contributed by atoms with E-state index >= 15 is 4.39 Å². The van der Waals surface area contributed by atoms with Crippen LogP contribution in [0.4, 0.5) is 10.1 Å². The third kappa shape index (κ3) is 6.06. The molecule has 4 saturated heterocycles. The number of aromatic nitrogens is 2. The van der Waals surface area contributed by atoms with Crippen LogP contribution >= 0.6 is 0 Å². The Balaban J connectivity index is 0.848. The van der Waals surface area contributed by atoms with E-state index < -0.39 is 45.8 Å². The number of likely N-dealkylation sites (tertiary alicyclic amines) is 2. The normalized spacial score (nSPS) is 21.4. The van der Waals surface area contributed by atoms with Crippen LogP contribution in [-0.4, -0.2) is 102 Å². The first kappa shape index (κ1) is 33.8. The molecule has 0 aliphatic carbocycles. The molecule has 5 heterocycles. The lowest BCUT2D eigenvalue weighted by Gasteiger charge is -2.40. The number of halogens is 1. The van der Waals surface area contributed by atoms with Gasteiger partial charge in [0.2, 0.25) is 17.7 Å². The van der Waals surface area contributed by atoms with Crippen molar-refractivity contribution in [3.05, 3.63) is 59.5 Å². The summed E-state index contributed by atoms with van der Waals surface area (Å²) in [6.07, 6.45) is 2.20. The number of carbonyl (C=O) groups excluding carboxylic acids is 4. The molecule has 3 aromatic carbocycles. The number of piperidine rings is 2. The largest absolute Gasteiger partial charge is 0.506 e. The number of imide groups is 1. The molecule has 17 heteroatoms. The minimum atomic E-state index is -4.34. The number of phenolic OH excluding ortho intramolecular Hbond substituents is 1. The van der Waals surface area contributed by atoms with E-state index in [0.29, 0.717) is 59.5 Å². The highest BCUT2D eigenvalue weighted by Crippen LogP contribution is 2.40. The minimum Gasteiger partial charge on any atom is -0.506 e. The van der Waals surface area contributed by atoms with Gasteiger partial charge in [-0.25, -0.2) is 13.4 Å². The predicted molar refractivity (Wildman–Crippen MR) is 185 cm³/mol. The summed E-state index contributed by atoms with van der Waals surface area (Å²) < 4.78 is 50.3. The fourth-order valence-corrected chi connectivity index (χ4v) is 8.82. The fourth-order valence-electron chi connectivity index (χ4n) is 7.66. The average Bonchev–Trinajstić information content (AvgIpc) is 3.55. The number of phenols is 1. The van der Waals surface area contributed by atoms with Gasteiger partial charge in [-0.3, -0.25) is 34.1 Å². The summed E-state index contributed by atoms with van der Waals surface area (Å²) in [6, 6.07) is 12.0. The molecule has 52 heavy (non-hydrogen) atoms. The van der Waals surface area contributed by atoms with Gasteiger partial charge in [-0.05, 0) is 73.5 Å². The molecule has 0 saturated carbocycles. The molecule has 4 aliphatic heterocycles. The Labute approximate surface area is 297 Å². The lowest BCUT2D eigenvalue weighted by Crippen LogP contribution is -2.58. The van der Waals surface area contributed by atoms with E-state index in [4.69, 9.17) is 4.74 Å². The van der Waals surface area contributed by atoms with E-state index in [-0.39, 0.29) is 29.2 Å². The number of carbonyl (C=O) groups is 4. The van der Waals surface area contributed by atoms with Crippen LogP contribution < -0.4 is 19.1 Å². The lowest BCUT2D eigenvalue weighted by molar-refractivity contribution is -0.141. The molecule has 0 spiro atoms. The van der Waals surface area contributed by atoms with Crippen molar-refractivity contribution < 1.29 is 41.8 Å². The van der Waals surface area contributed by atoms with Gasteiger partial charge in [-0.15, -0.1) is 0 Å². The Morgan fingerprint density at radius 3 is 2.50 bits per heavy atom. The summed E-state index contributed by atoms with van der Waals surface area (Å²) in [4.78, 5) is 52.8. The molecule has 3 N–H and O–H groups in total. The quantitative estimate of drug-likeness (QED) is 0.237. The van der Waals surface area contributed by atoms with Gasteiger partial charge in [-0.1, -0.05) is 18.2 Å². The predicted octanol–water partition coefficient (Wildman–Crippen LogP) is 1.74. The zero-order chi connectivity index (χ0) is 36.5. The van der Waals surface area contributed by atoms with Crippen LogP contribution in [-0.2, 0) is 36.4 Å². The molecule has 1 atom stereocenters. The van der Waals surface area contributed by atoms with Crippen LogP contribution in [0.25, 0.3) is 21.7 Å². The number of aryl methyl sites for hydroxylation is 1. The van der Waals surface area contributed by atoms with Gasteiger partial charge < -0.3 is 14.7 Å². The van der Waals surface area contributed by atoms with E-state index in [1.807, 2.05) is 13.1 Å². The first-order valence-corrected chi connectivity index (χ1v) is 18.5. The fraction of sp³-hybridized carbons (Fsp3) is 0.400. The highest BCUT2D eigenvalue weighted by atomic mass is 32.2. The number of amides is 4. The average molecular weight is 734 g/mol. The lowest BCUT2D eigenvalue weighted by atomic mass is 9.88. The number of nitrogens with one attached hydrogen (secondary N) is 2. The molecule has 1 aromatic heterocycles. The second-order valence-electron chi connectivity index (χ2n) is 13.9. The Morgan fingerprint density at radius 1 is 1.02 bits per heavy atom. The first-order valence-electron chi connectivity index (χ1n) is 17.1. The summed E-state index contributed by atoms with van der Waals surface area (Å²) in [6.45, 7) is 1.89. The standard InChI is InChI=1S/C35H36FN7O8S/c1-40-27-12-20(3-5-24(27)33(38-40)25-6-7-29(45)37-35(25)48)19-8-10-41(11-9-19)18-31(47)42-15-23(16-42)51-22-4-2-21-13-28(44)34(32(36)26(21)14-22)43-17-30(46)39-52(43,49)50/h2-5,12-14,19,23,25,44H,6-11,15-18H2,1H3,(H,39,46)(H,37,45,48). The van der Waals surface area contributed by atoms with Gasteiger partial charge >= 0.3 is 10.2 Å². The van der Waals surface area contributed by atoms with E-state index in [1.54, 1.807) is 20.4 Å². The molecule has 272 valence electrons. The zero-order valence-corrected chi connectivity index (χ0v) is 29.0. The smallest absolute Gasteiger partial charge is 0.326 e. The SMILES string of the molecule is Cn1nc(C2CCC(=O)NC2=O)c2ccc(C3CCN(CC(=O)N4CC(Oc5ccc6cc(O)c(N7CC(=O)NS7(=O)=O)c(F)c6c5)C4)CC3)cc21. The third-order valence-corrected chi connectivity index (χ3v) is 11.8. The van der Waals surface area contributed by atoms with Gasteiger partial charge in [0.25, 0.3) is 5.91 Å². The number of hydrogen-bond acceptors (Lipinski definition) is 10. The number of nitrogens with zero attached hydrogens (tertiary/aromatic N) is 5. The zero-order valence-electron chi connectivity index (χ0n) is 28.2. The number of ether oxygens (including phenoxy) is 1. The Kier molecular flexibility index (Phi) is 8.28. The van der Waals surface area contributed by atoms with Crippen LogP contribution in [0.1, 0.15) is 48.8 Å². The molecule has 4 aromatic rings. The van der Waals surface area contributed by atoms with Crippen molar-refractivity contribution in [2.45, 2.75) is 43.6 Å². The first-order chi connectivity index (χ1) is 24.8. The molecule has 4 amide bonds. The highest BCUT2D eigenvalue weighted by Gasteiger charge is 2.39. The molecule has 8 rings (SSSR count).